The first-order valence-electron chi connectivity index (χ1n) is 6.12. The topological polar surface area (TPSA) is 34.4 Å². The van der Waals surface area contributed by atoms with Gasteiger partial charge in [-0.25, -0.2) is 0 Å². The van der Waals surface area contributed by atoms with Crippen LogP contribution in [0.5, 0.6) is 0 Å². The molecule has 0 aliphatic heterocycles. The molecule has 0 saturated carbocycles. The normalized spacial score (nSPS) is 11.2. The van der Waals surface area contributed by atoms with Crippen LogP contribution in [0.4, 0.5) is 0 Å². The van der Waals surface area contributed by atoms with Crippen LogP contribution in [0.1, 0.15) is 18.9 Å². The van der Waals surface area contributed by atoms with Gasteiger partial charge in [-0.05, 0) is 24.8 Å². The van der Waals surface area contributed by atoms with E-state index in [0.717, 1.165) is 37.3 Å². The van der Waals surface area contributed by atoms with Crippen molar-refractivity contribution >= 4 is 10.9 Å². The third kappa shape index (κ3) is 2.68. The average Bonchev–Trinajstić information content (AvgIpc) is 2.78. The SMILES string of the molecule is CCOCCCn1ccc2cccc(CO)c21. The van der Waals surface area contributed by atoms with Crippen LogP contribution < -0.4 is 0 Å². The molecule has 0 atom stereocenters. The number of aliphatic hydroxyl groups is 1. The number of hydrogen-bond acceptors (Lipinski definition) is 2. The molecular weight excluding hydrogens is 214 g/mol. The van der Waals surface area contributed by atoms with E-state index in [2.05, 4.69) is 22.9 Å². The summed E-state index contributed by atoms with van der Waals surface area (Å²) in [4.78, 5) is 0. The maximum Gasteiger partial charge on any atom is 0.0702 e. The van der Waals surface area contributed by atoms with Crippen LogP contribution in [0.15, 0.2) is 30.5 Å². The number of aromatic nitrogens is 1. The maximum absolute atomic E-state index is 9.35. The van der Waals surface area contributed by atoms with Gasteiger partial charge in [-0.1, -0.05) is 18.2 Å². The standard InChI is InChI=1S/C14H19NO2/c1-2-17-10-4-8-15-9-7-12-5-3-6-13(11-16)14(12)15/h3,5-7,9,16H,2,4,8,10-11H2,1H3. The van der Waals surface area contributed by atoms with Crippen LogP contribution in [0.25, 0.3) is 10.9 Å². The smallest absolute Gasteiger partial charge is 0.0702 e. The summed E-state index contributed by atoms with van der Waals surface area (Å²) in [5, 5.41) is 10.5. The molecule has 0 spiro atoms. The lowest BCUT2D eigenvalue weighted by atomic mass is 10.1. The Hall–Kier alpha value is -1.32. The number of para-hydroxylation sites is 1. The number of aliphatic hydroxyl groups excluding tert-OH is 1. The third-order valence-corrected chi connectivity index (χ3v) is 2.93. The van der Waals surface area contributed by atoms with Crippen LogP contribution in [-0.2, 0) is 17.9 Å². The van der Waals surface area contributed by atoms with Gasteiger partial charge in [-0.3, -0.25) is 0 Å². The van der Waals surface area contributed by atoms with Crippen molar-refractivity contribution in [2.45, 2.75) is 26.5 Å². The van der Waals surface area contributed by atoms with Crippen molar-refractivity contribution in [3.8, 4) is 0 Å². The first-order valence-corrected chi connectivity index (χ1v) is 6.12. The van der Waals surface area contributed by atoms with Crippen molar-refractivity contribution in [3.05, 3.63) is 36.0 Å². The third-order valence-electron chi connectivity index (χ3n) is 2.93. The molecule has 3 nitrogen and oxygen atoms in total. The second-order valence-corrected chi connectivity index (χ2v) is 4.07. The molecule has 1 heterocycles. The second kappa shape index (κ2) is 5.84. The van der Waals surface area contributed by atoms with Crippen molar-refractivity contribution < 1.29 is 9.84 Å². The molecule has 0 radical (unpaired) electrons. The fourth-order valence-corrected chi connectivity index (χ4v) is 2.14. The lowest BCUT2D eigenvalue weighted by molar-refractivity contribution is 0.142. The van der Waals surface area contributed by atoms with E-state index in [1.807, 2.05) is 19.1 Å². The average molecular weight is 233 g/mol. The molecule has 1 aromatic carbocycles. The largest absolute Gasteiger partial charge is 0.392 e. The highest BCUT2D eigenvalue weighted by molar-refractivity contribution is 5.83. The number of ether oxygens (including phenoxy) is 1. The Balaban J connectivity index is 2.16. The van der Waals surface area contributed by atoms with Gasteiger partial charge in [0.2, 0.25) is 0 Å². The summed E-state index contributed by atoms with van der Waals surface area (Å²) in [6.45, 7) is 4.59. The van der Waals surface area contributed by atoms with E-state index in [-0.39, 0.29) is 6.61 Å². The lowest BCUT2D eigenvalue weighted by Crippen LogP contribution is -2.03. The predicted octanol–water partition coefficient (Wildman–Crippen LogP) is 2.56. The van der Waals surface area contributed by atoms with Crippen LogP contribution in [0.3, 0.4) is 0 Å². The molecule has 0 saturated heterocycles. The quantitative estimate of drug-likeness (QED) is 0.778. The Kier molecular flexibility index (Phi) is 4.18. The zero-order valence-electron chi connectivity index (χ0n) is 10.2. The monoisotopic (exact) mass is 233 g/mol. The fourth-order valence-electron chi connectivity index (χ4n) is 2.14. The van der Waals surface area contributed by atoms with E-state index in [9.17, 15) is 5.11 Å². The number of aryl methyl sites for hydroxylation is 1. The summed E-state index contributed by atoms with van der Waals surface area (Å²) in [6.07, 6.45) is 3.08. The van der Waals surface area contributed by atoms with Gasteiger partial charge in [0.15, 0.2) is 0 Å². The second-order valence-electron chi connectivity index (χ2n) is 4.07. The number of benzene rings is 1. The highest BCUT2D eigenvalue weighted by Crippen LogP contribution is 2.20. The predicted molar refractivity (Wildman–Crippen MR) is 69.0 cm³/mol. The molecular formula is C14H19NO2. The molecule has 1 N–H and O–H groups in total. The van der Waals surface area contributed by atoms with E-state index < -0.39 is 0 Å². The number of nitrogens with zero attached hydrogens (tertiary/aromatic N) is 1. The molecule has 17 heavy (non-hydrogen) atoms. The summed E-state index contributed by atoms with van der Waals surface area (Å²) >= 11 is 0. The molecule has 0 amide bonds. The summed E-state index contributed by atoms with van der Waals surface area (Å²) in [5.74, 6) is 0. The summed E-state index contributed by atoms with van der Waals surface area (Å²) in [6, 6.07) is 8.13. The molecule has 0 aliphatic carbocycles. The number of fused-ring (bicyclic) bond motifs is 1. The first-order chi connectivity index (χ1) is 8.36. The Bertz CT molecular complexity index is 476. The van der Waals surface area contributed by atoms with E-state index >= 15 is 0 Å². The minimum atomic E-state index is 0.0901. The Labute approximate surface area is 102 Å². The van der Waals surface area contributed by atoms with Crippen molar-refractivity contribution in [1.29, 1.82) is 0 Å². The first kappa shape index (κ1) is 12.1. The summed E-state index contributed by atoms with van der Waals surface area (Å²) in [5.41, 5.74) is 2.13. The van der Waals surface area contributed by atoms with Crippen molar-refractivity contribution in [2.75, 3.05) is 13.2 Å². The van der Waals surface area contributed by atoms with Gasteiger partial charge in [0.25, 0.3) is 0 Å². The van der Waals surface area contributed by atoms with E-state index in [1.165, 1.54) is 5.39 Å². The highest BCUT2D eigenvalue weighted by Gasteiger charge is 2.05. The molecule has 0 aliphatic rings. The summed E-state index contributed by atoms with van der Waals surface area (Å²) < 4.78 is 7.53. The molecule has 0 unspecified atom stereocenters. The molecule has 2 aromatic rings. The van der Waals surface area contributed by atoms with Gasteiger partial charge >= 0.3 is 0 Å². The Morgan fingerprint density at radius 3 is 2.94 bits per heavy atom. The Morgan fingerprint density at radius 2 is 2.18 bits per heavy atom. The molecule has 92 valence electrons. The van der Waals surface area contributed by atoms with Crippen LogP contribution in [0, 0.1) is 0 Å². The summed E-state index contributed by atoms with van der Waals surface area (Å²) in [7, 11) is 0. The van der Waals surface area contributed by atoms with Gasteiger partial charge in [0.05, 0.1) is 12.1 Å². The van der Waals surface area contributed by atoms with Crippen LogP contribution >= 0.6 is 0 Å². The maximum atomic E-state index is 9.35. The molecule has 0 bridgehead atoms. The van der Waals surface area contributed by atoms with Gasteiger partial charge in [-0.2, -0.15) is 0 Å². The lowest BCUT2D eigenvalue weighted by Gasteiger charge is -2.08. The van der Waals surface area contributed by atoms with Gasteiger partial charge in [-0.15, -0.1) is 0 Å². The van der Waals surface area contributed by atoms with Gasteiger partial charge in [0.1, 0.15) is 0 Å². The van der Waals surface area contributed by atoms with Crippen molar-refractivity contribution in [3.63, 3.8) is 0 Å². The van der Waals surface area contributed by atoms with Gasteiger partial charge in [0, 0.05) is 31.5 Å². The zero-order chi connectivity index (χ0) is 12.1. The van der Waals surface area contributed by atoms with E-state index in [0.29, 0.717) is 0 Å². The van der Waals surface area contributed by atoms with E-state index in [1.54, 1.807) is 0 Å². The molecule has 2 rings (SSSR count). The van der Waals surface area contributed by atoms with Crippen molar-refractivity contribution in [2.24, 2.45) is 0 Å². The molecule has 1 aromatic heterocycles. The Morgan fingerprint density at radius 1 is 1.29 bits per heavy atom. The minimum absolute atomic E-state index is 0.0901. The minimum Gasteiger partial charge on any atom is -0.392 e. The van der Waals surface area contributed by atoms with E-state index in [4.69, 9.17) is 4.74 Å². The zero-order valence-corrected chi connectivity index (χ0v) is 10.2. The molecule has 3 heteroatoms. The van der Waals surface area contributed by atoms with Gasteiger partial charge < -0.3 is 14.4 Å². The van der Waals surface area contributed by atoms with Crippen LogP contribution in [-0.4, -0.2) is 22.9 Å². The van der Waals surface area contributed by atoms with Crippen LogP contribution in [0.2, 0.25) is 0 Å². The fraction of sp³-hybridized carbons (Fsp3) is 0.429. The highest BCUT2D eigenvalue weighted by atomic mass is 16.5. The molecule has 0 fully saturated rings. The number of hydrogen-bond donors (Lipinski definition) is 1. The van der Waals surface area contributed by atoms with Crippen molar-refractivity contribution in [1.82, 2.24) is 4.57 Å². The number of rotatable bonds is 6.